The Labute approximate surface area is 312 Å². The Balaban J connectivity index is 1.23. The van der Waals surface area contributed by atoms with Crippen molar-refractivity contribution in [3.63, 3.8) is 0 Å². The number of likely N-dealkylation sites (N-methyl/N-ethyl adjacent to an activating group) is 1. The molecule has 0 radical (unpaired) electrons. The van der Waals surface area contributed by atoms with Gasteiger partial charge >= 0.3 is 6.03 Å². The van der Waals surface area contributed by atoms with Gasteiger partial charge in [-0.1, -0.05) is 32.0 Å². The molecule has 2 unspecified atom stereocenters. The normalized spacial score (nSPS) is 18.4. The van der Waals surface area contributed by atoms with Gasteiger partial charge < -0.3 is 38.8 Å². The summed E-state index contributed by atoms with van der Waals surface area (Å²) in [5.41, 5.74) is 6.74. The molecule has 5 aliphatic rings. The SMILES string of the molecule is CCN(CC)CCCNC(=O)N1CCc2cc(OC)c3c4c2C1Cc1ccc(cc1)Oc1cc(ccc1OC)CC1c2cc(c(cc2CCN1C)O3)O4. The molecule has 9 rings (SSSR count). The van der Waals surface area contributed by atoms with Gasteiger partial charge in [0.2, 0.25) is 5.75 Å². The van der Waals surface area contributed by atoms with E-state index in [0.717, 1.165) is 67.7 Å². The van der Waals surface area contributed by atoms with Crippen LogP contribution in [0.15, 0.2) is 60.7 Å². The maximum absolute atomic E-state index is 14.1. The minimum atomic E-state index is -0.315. The number of benzene rings is 4. The zero-order valence-electron chi connectivity index (χ0n) is 31.5. The molecule has 0 saturated carbocycles. The number of rotatable bonds is 8. The van der Waals surface area contributed by atoms with Crippen LogP contribution in [0.3, 0.4) is 0 Å². The Kier molecular flexibility index (Phi) is 9.83. The molecule has 0 aliphatic carbocycles. The number of nitrogens with one attached hydrogen (secondary N) is 1. The fourth-order valence-corrected chi connectivity index (χ4v) is 8.43. The molecule has 2 atom stereocenters. The van der Waals surface area contributed by atoms with Crippen molar-refractivity contribution in [1.82, 2.24) is 20.0 Å². The van der Waals surface area contributed by atoms with Crippen LogP contribution in [-0.2, 0) is 25.7 Å². The number of nitrogens with zero attached hydrogens (tertiary/aromatic N) is 3. The molecule has 0 spiro atoms. The monoisotopic (exact) mass is 718 g/mol. The van der Waals surface area contributed by atoms with Crippen LogP contribution in [-0.4, -0.2) is 81.3 Å². The largest absolute Gasteiger partial charge is 0.493 e. The fourth-order valence-electron chi connectivity index (χ4n) is 8.43. The van der Waals surface area contributed by atoms with E-state index in [9.17, 15) is 4.79 Å². The number of urea groups is 1. The molecule has 278 valence electrons. The minimum Gasteiger partial charge on any atom is -0.493 e. The van der Waals surface area contributed by atoms with Crippen LogP contribution in [0.5, 0.6) is 46.0 Å². The van der Waals surface area contributed by atoms with E-state index < -0.39 is 0 Å². The second kappa shape index (κ2) is 14.8. The van der Waals surface area contributed by atoms with Crippen LogP contribution in [0, 0.1) is 0 Å². The summed E-state index contributed by atoms with van der Waals surface area (Å²) in [7, 11) is 5.53. The van der Waals surface area contributed by atoms with E-state index in [-0.39, 0.29) is 18.1 Å². The predicted octanol–water partition coefficient (Wildman–Crippen LogP) is 8.06. The molecule has 0 saturated heterocycles. The van der Waals surface area contributed by atoms with Crippen molar-refractivity contribution in [3.8, 4) is 46.0 Å². The van der Waals surface area contributed by atoms with E-state index in [1.807, 2.05) is 23.1 Å². The van der Waals surface area contributed by atoms with Gasteiger partial charge in [-0.3, -0.25) is 4.90 Å². The van der Waals surface area contributed by atoms with Crippen molar-refractivity contribution >= 4 is 6.03 Å². The number of hydrogen-bond acceptors (Lipinski definition) is 8. The van der Waals surface area contributed by atoms with Gasteiger partial charge in [0.25, 0.3) is 0 Å². The second-order valence-corrected chi connectivity index (χ2v) is 14.5. The van der Waals surface area contributed by atoms with Gasteiger partial charge in [0.15, 0.2) is 34.5 Å². The van der Waals surface area contributed by atoms with Crippen molar-refractivity contribution in [1.29, 1.82) is 0 Å². The number of carbonyl (C=O) groups excluding carboxylic acids is 1. The van der Waals surface area contributed by atoms with E-state index in [4.69, 9.17) is 23.7 Å². The molecule has 10 heteroatoms. The molecule has 0 aromatic heterocycles. The maximum Gasteiger partial charge on any atom is 0.317 e. The van der Waals surface area contributed by atoms with Crippen LogP contribution in [0.2, 0.25) is 0 Å². The average Bonchev–Trinajstić information content (AvgIpc) is 3.17. The first-order valence-electron chi connectivity index (χ1n) is 19.0. The van der Waals surface area contributed by atoms with Crippen LogP contribution < -0.4 is 29.0 Å². The van der Waals surface area contributed by atoms with Crippen LogP contribution >= 0.6 is 0 Å². The summed E-state index contributed by atoms with van der Waals surface area (Å²) in [5.74, 6) is 5.23. The lowest BCUT2D eigenvalue weighted by Gasteiger charge is -2.40. The highest BCUT2D eigenvalue weighted by Crippen LogP contribution is 2.57. The number of ether oxygens (including phenoxy) is 5. The third kappa shape index (κ3) is 6.74. The summed E-state index contributed by atoms with van der Waals surface area (Å²) >= 11 is 0. The van der Waals surface area contributed by atoms with Crippen molar-refractivity contribution in [3.05, 3.63) is 94.0 Å². The molecule has 10 nitrogen and oxygen atoms in total. The lowest BCUT2D eigenvalue weighted by molar-refractivity contribution is 0.166. The number of amides is 2. The maximum atomic E-state index is 14.1. The van der Waals surface area contributed by atoms with Crippen molar-refractivity contribution in [2.45, 2.75) is 58.0 Å². The molecule has 1 N–H and O–H groups in total. The van der Waals surface area contributed by atoms with Gasteiger partial charge in [0.1, 0.15) is 5.75 Å². The third-order valence-electron chi connectivity index (χ3n) is 11.5. The highest BCUT2D eigenvalue weighted by molar-refractivity contribution is 5.77. The Morgan fingerprint density at radius 1 is 0.792 bits per heavy atom. The topological polar surface area (TPSA) is 85.0 Å². The van der Waals surface area contributed by atoms with E-state index >= 15 is 0 Å². The number of methoxy groups -OCH3 is 2. The van der Waals surface area contributed by atoms with Crippen LogP contribution in [0.1, 0.15) is 65.7 Å². The highest BCUT2D eigenvalue weighted by Gasteiger charge is 2.39. The molecule has 53 heavy (non-hydrogen) atoms. The van der Waals surface area contributed by atoms with Gasteiger partial charge in [0, 0.05) is 31.2 Å². The zero-order chi connectivity index (χ0) is 36.6. The van der Waals surface area contributed by atoms with Gasteiger partial charge in [-0.15, -0.1) is 0 Å². The lowest BCUT2D eigenvalue weighted by atomic mass is 9.86. The van der Waals surface area contributed by atoms with Crippen molar-refractivity contribution in [2.75, 3.05) is 60.5 Å². The summed E-state index contributed by atoms with van der Waals surface area (Å²) in [6.07, 6.45) is 3.82. The number of carbonyl (C=O) groups is 1. The van der Waals surface area contributed by atoms with E-state index in [2.05, 4.69) is 78.5 Å². The summed E-state index contributed by atoms with van der Waals surface area (Å²) in [4.78, 5) is 20.9. The van der Waals surface area contributed by atoms with E-state index in [1.165, 1.54) is 11.1 Å². The van der Waals surface area contributed by atoms with Crippen molar-refractivity contribution in [2.24, 2.45) is 0 Å². The van der Waals surface area contributed by atoms with Crippen molar-refractivity contribution < 1.29 is 28.5 Å². The molecular weight excluding hydrogens is 668 g/mol. The van der Waals surface area contributed by atoms with Gasteiger partial charge in [0.05, 0.1) is 20.3 Å². The molecule has 0 fully saturated rings. The minimum absolute atomic E-state index is 0.0732. The van der Waals surface area contributed by atoms with Crippen LogP contribution in [0.4, 0.5) is 4.79 Å². The molecular formula is C43H50N4O6. The lowest BCUT2D eigenvalue weighted by Crippen LogP contribution is -2.47. The average molecular weight is 719 g/mol. The first-order valence-corrected chi connectivity index (χ1v) is 19.0. The zero-order valence-corrected chi connectivity index (χ0v) is 31.5. The van der Waals surface area contributed by atoms with Gasteiger partial charge in [-0.25, -0.2) is 4.79 Å². The Bertz CT molecular complexity index is 1990. The Morgan fingerprint density at radius 3 is 2.28 bits per heavy atom. The quantitative estimate of drug-likeness (QED) is 0.161. The standard InChI is InChI=1S/C43H50N4O6/c1-6-46(7-2)18-8-17-44-43(48)47-20-16-30-25-39(50-5)41-42-40(30)34(47)21-27-9-12-31(13-10-27)51-36-23-28(11-14-35(36)49-4)22-33-32-26-38(53-42)37(52-41)24-29(32)15-19-45(33)3/h9-14,23-26,33-34H,6-8,15-22H2,1-5H3,(H,44,48). The smallest absolute Gasteiger partial charge is 0.317 e. The fraction of sp³-hybridized carbons (Fsp3) is 0.419. The molecule has 4 aromatic rings. The van der Waals surface area contributed by atoms with Gasteiger partial charge in [-0.2, -0.15) is 0 Å². The molecule has 5 heterocycles. The van der Waals surface area contributed by atoms with Crippen LogP contribution in [0.25, 0.3) is 0 Å². The summed E-state index contributed by atoms with van der Waals surface area (Å²) in [5, 5.41) is 3.24. The summed E-state index contributed by atoms with van der Waals surface area (Å²) in [6.45, 7) is 9.39. The Hall–Kier alpha value is -4.93. The number of fused-ring (bicyclic) bond motifs is 2. The van der Waals surface area contributed by atoms with E-state index in [0.29, 0.717) is 71.9 Å². The van der Waals surface area contributed by atoms with Gasteiger partial charge in [-0.05, 0) is 129 Å². The predicted molar refractivity (Wildman–Crippen MR) is 205 cm³/mol. The number of hydrogen-bond donors (Lipinski definition) is 1. The first-order chi connectivity index (χ1) is 25.9. The molecule has 2 amide bonds. The molecule has 7 bridgehead atoms. The summed E-state index contributed by atoms with van der Waals surface area (Å²) < 4.78 is 31.9. The third-order valence-corrected chi connectivity index (χ3v) is 11.5. The second-order valence-electron chi connectivity index (χ2n) is 14.5. The summed E-state index contributed by atoms with van der Waals surface area (Å²) in [6, 6.07) is 20.4. The molecule has 5 aliphatic heterocycles. The highest BCUT2D eigenvalue weighted by atomic mass is 16.6. The van der Waals surface area contributed by atoms with E-state index in [1.54, 1.807) is 14.2 Å². The molecule has 4 aromatic carbocycles. The Morgan fingerprint density at radius 2 is 1.51 bits per heavy atom. The first kappa shape index (κ1) is 35.1.